The van der Waals surface area contributed by atoms with E-state index in [-0.39, 0.29) is 12.2 Å². The molecule has 0 unspecified atom stereocenters. The second kappa shape index (κ2) is 12.1. The number of benzene rings is 2. The van der Waals surface area contributed by atoms with Crippen LogP contribution in [0, 0.1) is 0 Å². The minimum atomic E-state index is -0.769. The van der Waals surface area contributed by atoms with Crippen molar-refractivity contribution >= 4 is 70.9 Å². The number of aromatic nitrogens is 2. The van der Waals surface area contributed by atoms with Gasteiger partial charge in [-0.3, -0.25) is 4.79 Å². The van der Waals surface area contributed by atoms with Crippen molar-refractivity contribution in [1.82, 2.24) is 9.66 Å². The molecule has 0 amide bonds. The topological polar surface area (TPSA) is 82.8 Å². The molecular weight excluding hydrogens is 634 g/mol. The smallest absolute Gasteiger partial charge is 0.347 e. The van der Waals surface area contributed by atoms with Crippen molar-refractivity contribution in [1.29, 1.82) is 0 Å². The molecule has 180 valence electrons. The van der Waals surface area contributed by atoms with Crippen molar-refractivity contribution in [3.63, 3.8) is 0 Å². The van der Waals surface area contributed by atoms with E-state index in [0.717, 1.165) is 22.9 Å². The molecule has 0 N–H and O–H groups in total. The maximum absolute atomic E-state index is 13.2. The Morgan fingerprint density at radius 2 is 1.88 bits per heavy atom. The molecule has 0 aliphatic heterocycles. The summed E-state index contributed by atoms with van der Waals surface area (Å²) in [6, 6.07) is 9.04. The summed E-state index contributed by atoms with van der Waals surface area (Å²) in [6.45, 7) is 5.74. The standard InChI is InChI=1S/C24H24Br3N3O4/c1-4-6-7-21-29-20-9-8-16(25)12-17(20)23(31)30(21)28-13-15-10-18(26)22(19(27)11-15)34-14(3)24(32)33-5-2/h8-14H,4-7H2,1-3H3/t14-/m0/s1. The number of halogens is 3. The zero-order valence-corrected chi connectivity index (χ0v) is 23.7. The fourth-order valence-corrected chi connectivity index (χ4v) is 4.96. The Kier molecular flexibility index (Phi) is 9.44. The zero-order chi connectivity index (χ0) is 24.8. The van der Waals surface area contributed by atoms with Gasteiger partial charge in [-0.25, -0.2) is 9.78 Å². The van der Waals surface area contributed by atoms with Gasteiger partial charge in [-0.1, -0.05) is 29.3 Å². The third-order valence-electron chi connectivity index (χ3n) is 4.89. The summed E-state index contributed by atoms with van der Waals surface area (Å²) >= 11 is 10.4. The van der Waals surface area contributed by atoms with Gasteiger partial charge in [-0.15, -0.1) is 0 Å². The quantitative estimate of drug-likeness (QED) is 0.201. The van der Waals surface area contributed by atoms with Crippen LogP contribution in [-0.2, 0) is 16.0 Å². The monoisotopic (exact) mass is 655 g/mol. The molecule has 0 saturated heterocycles. The minimum Gasteiger partial charge on any atom is -0.477 e. The van der Waals surface area contributed by atoms with Crippen LogP contribution in [0.3, 0.4) is 0 Å². The molecule has 2 aromatic carbocycles. The molecule has 0 bridgehead atoms. The van der Waals surface area contributed by atoms with Crippen LogP contribution < -0.4 is 10.3 Å². The number of nitrogens with zero attached hydrogens (tertiary/aromatic N) is 3. The Balaban J connectivity index is 1.97. The predicted molar refractivity (Wildman–Crippen MR) is 144 cm³/mol. The Hall–Kier alpha value is -2.04. The second-order valence-corrected chi connectivity index (χ2v) is 10.1. The highest BCUT2D eigenvalue weighted by Gasteiger charge is 2.19. The summed E-state index contributed by atoms with van der Waals surface area (Å²) in [6.07, 6.45) is 3.34. The van der Waals surface area contributed by atoms with E-state index in [1.54, 1.807) is 38.3 Å². The normalized spacial score (nSPS) is 12.3. The average molecular weight is 658 g/mol. The van der Waals surface area contributed by atoms with Crippen molar-refractivity contribution in [2.45, 2.75) is 46.1 Å². The number of esters is 1. The average Bonchev–Trinajstić information content (AvgIpc) is 2.80. The molecule has 1 aromatic heterocycles. The van der Waals surface area contributed by atoms with E-state index >= 15 is 0 Å². The van der Waals surface area contributed by atoms with Gasteiger partial charge < -0.3 is 9.47 Å². The summed E-state index contributed by atoms with van der Waals surface area (Å²) in [4.78, 5) is 29.8. The first-order chi connectivity index (χ1) is 16.2. The molecule has 1 atom stereocenters. The number of hydrogen-bond donors (Lipinski definition) is 0. The predicted octanol–water partition coefficient (Wildman–Crippen LogP) is 6.24. The molecule has 3 aromatic rings. The maximum Gasteiger partial charge on any atom is 0.347 e. The lowest BCUT2D eigenvalue weighted by Gasteiger charge is -2.16. The summed E-state index contributed by atoms with van der Waals surface area (Å²) in [5.74, 6) is 0.636. The Morgan fingerprint density at radius 1 is 1.18 bits per heavy atom. The van der Waals surface area contributed by atoms with Crippen LogP contribution in [0.4, 0.5) is 0 Å². The lowest BCUT2D eigenvalue weighted by atomic mass is 10.2. The van der Waals surface area contributed by atoms with Gasteiger partial charge in [0, 0.05) is 10.9 Å². The van der Waals surface area contributed by atoms with Gasteiger partial charge in [0.2, 0.25) is 0 Å². The number of aryl methyl sites for hydroxylation is 1. The molecule has 7 nitrogen and oxygen atoms in total. The molecule has 0 aliphatic carbocycles. The minimum absolute atomic E-state index is 0.227. The molecule has 0 spiro atoms. The van der Waals surface area contributed by atoms with Crippen LogP contribution in [0.5, 0.6) is 5.75 Å². The molecule has 1 heterocycles. The molecule has 3 rings (SSSR count). The van der Waals surface area contributed by atoms with Gasteiger partial charge in [-0.05, 0) is 88.0 Å². The van der Waals surface area contributed by atoms with Crippen LogP contribution in [0.15, 0.2) is 53.6 Å². The largest absolute Gasteiger partial charge is 0.477 e. The van der Waals surface area contributed by atoms with E-state index in [1.165, 1.54) is 4.68 Å². The van der Waals surface area contributed by atoms with E-state index in [1.807, 2.05) is 12.1 Å². The van der Waals surface area contributed by atoms with Gasteiger partial charge in [0.05, 0.1) is 32.7 Å². The first-order valence-corrected chi connectivity index (χ1v) is 13.2. The van der Waals surface area contributed by atoms with Gasteiger partial charge in [0.1, 0.15) is 11.6 Å². The van der Waals surface area contributed by atoms with Crippen LogP contribution in [0.1, 0.15) is 45.0 Å². The van der Waals surface area contributed by atoms with Gasteiger partial charge in [0.15, 0.2) is 6.10 Å². The first-order valence-electron chi connectivity index (χ1n) is 10.8. The van der Waals surface area contributed by atoms with Crippen LogP contribution in [-0.4, -0.2) is 34.6 Å². The molecular formula is C24H24Br3N3O4. The molecule has 0 fully saturated rings. The summed E-state index contributed by atoms with van der Waals surface area (Å²) in [7, 11) is 0. The lowest BCUT2D eigenvalue weighted by Crippen LogP contribution is -2.26. The van der Waals surface area contributed by atoms with E-state index in [2.05, 4.69) is 64.8 Å². The van der Waals surface area contributed by atoms with Crippen molar-refractivity contribution < 1.29 is 14.3 Å². The molecule has 0 radical (unpaired) electrons. The molecule has 10 heteroatoms. The zero-order valence-electron chi connectivity index (χ0n) is 19.0. The van der Waals surface area contributed by atoms with Crippen molar-refractivity contribution in [2.75, 3.05) is 6.61 Å². The van der Waals surface area contributed by atoms with Crippen molar-refractivity contribution in [3.8, 4) is 5.75 Å². The molecule has 0 aliphatic rings. The summed E-state index contributed by atoms with van der Waals surface area (Å²) < 4.78 is 14.2. The van der Waals surface area contributed by atoms with Crippen molar-refractivity contribution in [3.05, 3.63) is 65.5 Å². The number of unbranched alkanes of at least 4 members (excludes halogenated alkanes) is 1. The van der Waals surface area contributed by atoms with E-state index in [4.69, 9.17) is 9.47 Å². The Bertz CT molecular complexity index is 1270. The molecule has 34 heavy (non-hydrogen) atoms. The van der Waals surface area contributed by atoms with Crippen LogP contribution in [0.25, 0.3) is 10.9 Å². The molecule has 0 saturated carbocycles. The Labute approximate surface area is 222 Å². The van der Waals surface area contributed by atoms with E-state index in [0.29, 0.717) is 37.8 Å². The summed E-state index contributed by atoms with van der Waals surface area (Å²) in [5.41, 5.74) is 1.14. The first kappa shape index (κ1) is 26.6. The second-order valence-electron chi connectivity index (χ2n) is 7.48. The van der Waals surface area contributed by atoms with E-state index in [9.17, 15) is 9.59 Å². The van der Waals surface area contributed by atoms with Gasteiger partial charge >= 0.3 is 5.97 Å². The highest BCUT2D eigenvalue weighted by atomic mass is 79.9. The van der Waals surface area contributed by atoms with E-state index < -0.39 is 12.1 Å². The SMILES string of the molecule is CCCCc1nc2ccc(Br)cc2c(=O)n1N=Cc1cc(Br)c(O[C@@H](C)C(=O)OCC)c(Br)c1. The number of ether oxygens (including phenoxy) is 2. The van der Waals surface area contributed by atoms with Crippen LogP contribution >= 0.6 is 47.8 Å². The fourth-order valence-electron chi connectivity index (χ4n) is 3.19. The third-order valence-corrected chi connectivity index (χ3v) is 6.56. The number of carbonyl (C=O) groups excluding carboxylic acids is 1. The number of rotatable bonds is 9. The van der Waals surface area contributed by atoms with Crippen LogP contribution in [0.2, 0.25) is 0 Å². The fraction of sp³-hybridized carbons (Fsp3) is 0.333. The van der Waals surface area contributed by atoms with Gasteiger partial charge in [0.25, 0.3) is 5.56 Å². The van der Waals surface area contributed by atoms with Gasteiger partial charge in [-0.2, -0.15) is 9.78 Å². The highest BCUT2D eigenvalue weighted by Crippen LogP contribution is 2.35. The third kappa shape index (κ3) is 6.34. The maximum atomic E-state index is 13.2. The number of carbonyl (C=O) groups is 1. The number of fused-ring (bicyclic) bond motifs is 1. The number of hydrogen-bond acceptors (Lipinski definition) is 6. The highest BCUT2D eigenvalue weighted by molar-refractivity contribution is 9.11. The summed E-state index contributed by atoms with van der Waals surface area (Å²) in [5, 5.41) is 4.97. The lowest BCUT2D eigenvalue weighted by molar-refractivity contribution is -0.150. The Morgan fingerprint density at radius 3 is 2.53 bits per heavy atom. The van der Waals surface area contributed by atoms with Crippen molar-refractivity contribution in [2.24, 2.45) is 5.10 Å².